The molecule has 0 heterocycles. The number of hydrogen-bond donors (Lipinski definition) is 2. The lowest BCUT2D eigenvalue weighted by Crippen LogP contribution is -2.27. The monoisotopic (exact) mass is 326 g/mol. The van der Waals surface area contributed by atoms with Crippen molar-refractivity contribution in [1.82, 2.24) is 5.32 Å². The number of rotatable bonds is 6. The van der Waals surface area contributed by atoms with Crippen molar-refractivity contribution in [3.8, 4) is 0 Å². The Labute approximate surface area is 124 Å². The van der Waals surface area contributed by atoms with Crippen molar-refractivity contribution in [2.75, 3.05) is 24.2 Å². The van der Waals surface area contributed by atoms with Crippen LogP contribution in [0, 0.1) is 0 Å². The first-order valence-electron chi connectivity index (χ1n) is 5.86. The van der Waals surface area contributed by atoms with Gasteiger partial charge in [0, 0.05) is 29.6 Å². The van der Waals surface area contributed by atoms with Gasteiger partial charge < -0.3 is 10.6 Å². The molecule has 0 radical (unpaired) electrons. The Bertz CT molecular complexity index is 469. The van der Waals surface area contributed by atoms with Crippen LogP contribution >= 0.6 is 23.4 Å². The number of amides is 1. The zero-order valence-corrected chi connectivity index (χ0v) is 12.3. The van der Waals surface area contributed by atoms with E-state index in [0.717, 1.165) is 0 Å². The number of carbonyl (C=O) groups excluding carboxylic acids is 1. The quantitative estimate of drug-likeness (QED) is 0.782. The highest BCUT2D eigenvalue weighted by atomic mass is 35.5. The summed E-state index contributed by atoms with van der Waals surface area (Å²) in [6.45, 7) is 2.42. The summed E-state index contributed by atoms with van der Waals surface area (Å²) >= 11 is 5.65. The molecule has 0 atom stereocenters. The molecule has 20 heavy (non-hydrogen) atoms. The predicted octanol–water partition coefficient (Wildman–Crippen LogP) is 3.75. The molecule has 0 saturated heterocycles. The molecule has 2 N–H and O–H groups in total. The zero-order chi connectivity index (χ0) is 15.2. The predicted molar refractivity (Wildman–Crippen MR) is 76.5 cm³/mol. The maximum Gasteiger partial charge on any atom is 0.441 e. The van der Waals surface area contributed by atoms with E-state index in [1.54, 1.807) is 12.1 Å². The van der Waals surface area contributed by atoms with Gasteiger partial charge in [0.2, 0.25) is 0 Å². The van der Waals surface area contributed by atoms with Gasteiger partial charge in [0.05, 0.1) is 5.56 Å². The van der Waals surface area contributed by atoms with Crippen LogP contribution in [0.25, 0.3) is 0 Å². The second-order valence-corrected chi connectivity index (χ2v) is 5.37. The average Bonchev–Trinajstić information content (AvgIpc) is 2.35. The minimum Gasteiger partial charge on any atom is -0.385 e. The first kappa shape index (κ1) is 17.0. The first-order valence-corrected chi connectivity index (χ1v) is 7.22. The van der Waals surface area contributed by atoms with Gasteiger partial charge in [0.1, 0.15) is 0 Å². The highest BCUT2D eigenvalue weighted by Crippen LogP contribution is 2.29. The molecule has 0 aliphatic heterocycles. The number of carbonyl (C=O) groups is 1. The molecular weight excluding hydrogens is 313 g/mol. The van der Waals surface area contributed by atoms with Crippen molar-refractivity contribution < 1.29 is 18.0 Å². The topological polar surface area (TPSA) is 41.1 Å². The molecule has 1 amide bonds. The van der Waals surface area contributed by atoms with E-state index < -0.39 is 11.4 Å². The fourth-order valence-electron chi connectivity index (χ4n) is 1.48. The smallest absolute Gasteiger partial charge is 0.385 e. The van der Waals surface area contributed by atoms with Crippen molar-refractivity contribution in [2.45, 2.75) is 12.4 Å². The van der Waals surface area contributed by atoms with Crippen LogP contribution in [-0.4, -0.2) is 30.3 Å². The van der Waals surface area contributed by atoms with E-state index in [1.807, 2.05) is 6.92 Å². The summed E-state index contributed by atoms with van der Waals surface area (Å²) in [6, 6.07) is 4.77. The minimum absolute atomic E-state index is 0.0684. The largest absolute Gasteiger partial charge is 0.441 e. The summed E-state index contributed by atoms with van der Waals surface area (Å²) in [4.78, 5) is 11.9. The Morgan fingerprint density at radius 3 is 2.70 bits per heavy atom. The Hall–Kier alpha value is -1.08. The van der Waals surface area contributed by atoms with Crippen molar-refractivity contribution in [1.29, 1.82) is 0 Å². The fourth-order valence-corrected chi connectivity index (χ4v) is 2.08. The highest BCUT2D eigenvalue weighted by Gasteiger charge is 2.27. The standard InChI is InChI=1S/C12H14ClF3N2OS/c1-2-17-10-4-3-8(13)7-9(10)11(19)18-5-6-20-12(14,15)16/h3-4,7,17H,2,5-6H2,1H3,(H,18,19). The molecule has 3 nitrogen and oxygen atoms in total. The summed E-state index contributed by atoms with van der Waals surface area (Å²) in [5.74, 6) is -0.682. The van der Waals surface area contributed by atoms with Crippen molar-refractivity contribution in [3.63, 3.8) is 0 Å². The second-order valence-electron chi connectivity index (χ2n) is 3.77. The van der Waals surface area contributed by atoms with Gasteiger partial charge >= 0.3 is 5.51 Å². The summed E-state index contributed by atoms with van der Waals surface area (Å²) in [7, 11) is 0. The molecule has 0 saturated carbocycles. The SMILES string of the molecule is CCNc1ccc(Cl)cc1C(=O)NCCSC(F)(F)F. The molecule has 1 aromatic carbocycles. The molecule has 0 fully saturated rings. The number of alkyl halides is 3. The third-order valence-electron chi connectivity index (χ3n) is 2.25. The molecule has 8 heteroatoms. The van der Waals surface area contributed by atoms with Gasteiger partial charge in [-0.3, -0.25) is 4.79 Å². The fraction of sp³-hybridized carbons (Fsp3) is 0.417. The van der Waals surface area contributed by atoms with E-state index in [2.05, 4.69) is 10.6 Å². The molecule has 1 rings (SSSR count). The molecule has 0 aromatic heterocycles. The summed E-state index contributed by atoms with van der Waals surface area (Å²) in [5.41, 5.74) is -3.37. The van der Waals surface area contributed by atoms with Gasteiger partial charge in [-0.05, 0) is 36.9 Å². The van der Waals surface area contributed by atoms with Gasteiger partial charge in [-0.2, -0.15) is 13.2 Å². The maximum absolute atomic E-state index is 11.9. The molecule has 112 valence electrons. The molecular formula is C12H14ClF3N2OS. The third-order valence-corrected chi connectivity index (χ3v) is 3.22. The average molecular weight is 327 g/mol. The number of hydrogen-bond acceptors (Lipinski definition) is 3. The molecule has 0 unspecified atom stereocenters. The van der Waals surface area contributed by atoms with E-state index in [1.165, 1.54) is 6.07 Å². The molecule has 0 spiro atoms. The number of halogens is 4. The second kappa shape index (κ2) is 7.64. The Morgan fingerprint density at radius 1 is 1.40 bits per heavy atom. The van der Waals surface area contributed by atoms with E-state index in [9.17, 15) is 18.0 Å². The number of benzene rings is 1. The van der Waals surface area contributed by atoms with Crippen LogP contribution in [0.2, 0.25) is 5.02 Å². The number of nitrogens with one attached hydrogen (secondary N) is 2. The van der Waals surface area contributed by atoms with E-state index in [-0.39, 0.29) is 24.1 Å². The summed E-state index contributed by atoms with van der Waals surface area (Å²) in [5, 5.41) is 5.82. The minimum atomic E-state index is -4.28. The van der Waals surface area contributed by atoms with Crippen LogP contribution < -0.4 is 10.6 Å². The lowest BCUT2D eigenvalue weighted by atomic mass is 10.1. The van der Waals surface area contributed by atoms with Gasteiger partial charge in [-0.15, -0.1) is 0 Å². The van der Waals surface area contributed by atoms with Crippen LogP contribution in [-0.2, 0) is 0 Å². The number of anilines is 1. The van der Waals surface area contributed by atoms with E-state index >= 15 is 0 Å². The van der Waals surface area contributed by atoms with Crippen LogP contribution in [0.1, 0.15) is 17.3 Å². The summed E-state index contributed by atoms with van der Waals surface area (Å²) in [6.07, 6.45) is 0. The van der Waals surface area contributed by atoms with Gasteiger partial charge in [0.15, 0.2) is 0 Å². The lowest BCUT2D eigenvalue weighted by molar-refractivity contribution is -0.0327. The molecule has 0 aliphatic rings. The van der Waals surface area contributed by atoms with Crippen LogP contribution in [0.5, 0.6) is 0 Å². The highest BCUT2D eigenvalue weighted by molar-refractivity contribution is 8.00. The molecule has 0 aliphatic carbocycles. The van der Waals surface area contributed by atoms with Crippen molar-refractivity contribution >= 4 is 35.0 Å². The Kier molecular flexibility index (Phi) is 6.48. The van der Waals surface area contributed by atoms with Crippen molar-refractivity contribution in [3.05, 3.63) is 28.8 Å². The lowest BCUT2D eigenvalue weighted by Gasteiger charge is -2.12. The van der Waals surface area contributed by atoms with E-state index in [4.69, 9.17) is 11.6 Å². The van der Waals surface area contributed by atoms with Crippen LogP contribution in [0.4, 0.5) is 18.9 Å². The van der Waals surface area contributed by atoms with Crippen LogP contribution in [0.3, 0.4) is 0 Å². The Balaban J connectivity index is 2.60. The van der Waals surface area contributed by atoms with Crippen molar-refractivity contribution in [2.24, 2.45) is 0 Å². The summed E-state index contributed by atoms with van der Waals surface area (Å²) < 4.78 is 35.8. The Morgan fingerprint density at radius 2 is 2.10 bits per heavy atom. The van der Waals surface area contributed by atoms with Gasteiger partial charge in [0.25, 0.3) is 5.91 Å². The third kappa shape index (κ3) is 5.92. The van der Waals surface area contributed by atoms with Gasteiger partial charge in [-0.1, -0.05) is 11.6 Å². The zero-order valence-electron chi connectivity index (χ0n) is 10.7. The molecule has 0 bridgehead atoms. The molecule has 1 aromatic rings. The van der Waals surface area contributed by atoms with Gasteiger partial charge in [-0.25, -0.2) is 0 Å². The van der Waals surface area contributed by atoms with E-state index in [0.29, 0.717) is 22.8 Å². The number of thioether (sulfide) groups is 1. The normalized spacial score (nSPS) is 11.2. The maximum atomic E-state index is 11.9. The van der Waals surface area contributed by atoms with Crippen LogP contribution in [0.15, 0.2) is 18.2 Å². The first-order chi connectivity index (χ1) is 9.33.